The first-order valence-electron chi connectivity index (χ1n) is 11.3. The lowest BCUT2D eigenvalue weighted by Gasteiger charge is -2.26. The number of H-pyrrole nitrogens is 1. The number of piperidine rings is 1. The molecule has 0 unspecified atom stereocenters. The third-order valence-electron chi connectivity index (χ3n) is 5.84. The monoisotopic (exact) mass is 490 g/mol. The van der Waals surface area contributed by atoms with Crippen molar-refractivity contribution in [1.29, 1.82) is 0 Å². The SMILES string of the molecule is CCOC(=O)c1c(C)[nH]c(C(=O)[C@H](C)OC(=O)c2cccc(S(=O)(=O)N3CCCCC3)c2)c1C. The average Bonchev–Trinajstić information content (AvgIpc) is 3.13. The van der Waals surface area contributed by atoms with E-state index in [-0.39, 0.29) is 28.3 Å². The Morgan fingerprint density at radius 2 is 1.76 bits per heavy atom. The molecule has 1 aromatic carbocycles. The molecule has 34 heavy (non-hydrogen) atoms. The van der Waals surface area contributed by atoms with Gasteiger partial charge in [-0.3, -0.25) is 4.79 Å². The fraction of sp³-hybridized carbons (Fsp3) is 0.458. The molecule has 0 bridgehead atoms. The summed E-state index contributed by atoms with van der Waals surface area (Å²) in [6.45, 7) is 7.49. The van der Waals surface area contributed by atoms with Gasteiger partial charge < -0.3 is 14.5 Å². The first kappa shape index (κ1) is 25.6. The highest BCUT2D eigenvalue weighted by molar-refractivity contribution is 7.89. The molecule has 1 aromatic heterocycles. The summed E-state index contributed by atoms with van der Waals surface area (Å²) < 4.78 is 37.7. The van der Waals surface area contributed by atoms with Crippen molar-refractivity contribution in [3.8, 4) is 0 Å². The molecule has 1 aliphatic heterocycles. The summed E-state index contributed by atoms with van der Waals surface area (Å²) in [6, 6.07) is 5.63. The average molecular weight is 491 g/mol. The third-order valence-corrected chi connectivity index (χ3v) is 7.73. The van der Waals surface area contributed by atoms with Crippen molar-refractivity contribution in [2.24, 2.45) is 0 Å². The molecule has 10 heteroatoms. The Bertz CT molecular complexity index is 1190. The van der Waals surface area contributed by atoms with E-state index in [9.17, 15) is 22.8 Å². The Balaban J connectivity index is 1.76. The van der Waals surface area contributed by atoms with Crippen LogP contribution in [0.4, 0.5) is 0 Å². The number of Topliss-reactive ketones (excluding diaryl/α,β-unsaturated/α-hetero) is 1. The zero-order valence-corrected chi connectivity index (χ0v) is 20.7. The second-order valence-electron chi connectivity index (χ2n) is 8.25. The number of benzene rings is 1. The van der Waals surface area contributed by atoms with Crippen LogP contribution in [0.1, 0.15) is 75.6 Å². The van der Waals surface area contributed by atoms with E-state index in [1.165, 1.54) is 35.5 Å². The maximum Gasteiger partial charge on any atom is 0.340 e. The minimum atomic E-state index is -3.72. The largest absolute Gasteiger partial charge is 0.462 e. The van der Waals surface area contributed by atoms with Gasteiger partial charge in [0.15, 0.2) is 6.10 Å². The minimum Gasteiger partial charge on any atom is -0.462 e. The summed E-state index contributed by atoms with van der Waals surface area (Å²) in [5.41, 5.74) is 1.36. The van der Waals surface area contributed by atoms with Crippen LogP contribution < -0.4 is 0 Å². The van der Waals surface area contributed by atoms with E-state index in [1.54, 1.807) is 20.8 Å². The lowest BCUT2D eigenvalue weighted by molar-refractivity contribution is 0.0316. The van der Waals surface area contributed by atoms with Crippen molar-refractivity contribution >= 4 is 27.7 Å². The van der Waals surface area contributed by atoms with Gasteiger partial charge in [0.1, 0.15) is 0 Å². The van der Waals surface area contributed by atoms with Crippen molar-refractivity contribution in [3.05, 3.63) is 52.3 Å². The number of esters is 2. The highest BCUT2D eigenvalue weighted by Crippen LogP contribution is 2.23. The Morgan fingerprint density at radius 3 is 2.41 bits per heavy atom. The van der Waals surface area contributed by atoms with E-state index in [0.29, 0.717) is 24.3 Å². The molecule has 0 aliphatic carbocycles. The maximum absolute atomic E-state index is 12.9. The van der Waals surface area contributed by atoms with Crippen molar-refractivity contribution in [2.75, 3.05) is 19.7 Å². The van der Waals surface area contributed by atoms with E-state index < -0.39 is 33.8 Å². The lowest BCUT2D eigenvalue weighted by atomic mass is 10.1. The van der Waals surface area contributed by atoms with Crippen LogP contribution in [-0.2, 0) is 19.5 Å². The maximum atomic E-state index is 12.9. The second kappa shape index (κ2) is 10.5. The number of carbonyl (C=O) groups is 3. The van der Waals surface area contributed by atoms with E-state index >= 15 is 0 Å². The summed E-state index contributed by atoms with van der Waals surface area (Å²) in [5, 5.41) is 0. The van der Waals surface area contributed by atoms with Gasteiger partial charge in [0.25, 0.3) is 0 Å². The fourth-order valence-electron chi connectivity index (χ4n) is 4.03. The van der Waals surface area contributed by atoms with Gasteiger partial charge in [0.05, 0.1) is 28.3 Å². The number of aromatic nitrogens is 1. The zero-order valence-electron chi connectivity index (χ0n) is 19.8. The predicted molar refractivity (Wildman–Crippen MR) is 124 cm³/mol. The third kappa shape index (κ3) is 5.23. The highest BCUT2D eigenvalue weighted by Gasteiger charge is 2.29. The molecule has 3 rings (SSSR count). The number of hydrogen-bond acceptors (Lipinski definition) is 7. The van der Waals surface area contributed by atoms with Gasteiger partial charge in [-0.1, -0.05) is 12.5 Å². The zero-order chi connectivity index (χ0) is 25.0. The molecule has 184 valence electrons. The van der Waals surface area contributed by atoms with Gasteiger partial charge in [-0.15, -0.1) is 0 Å². The van der Waals surface area contributed by atoms with Crippen LogP contribution in [0, 0.1) is 13.8 Å². The van der Waals surface area contributed by atoms with Gasteiger partial charge in [-0.2, -0.15) is 4.31 Å². The van der Waals surface area contributed by atoms with Gasteiger partial charge in [0, 0.05) is 18.8 Å². The molecule has 0 saturated carbocycles. The second-order valence-corrected chi connectivity index (χ2v) is 10.2. The highest BCUT2D eigenvalue weighted by atomic mass is 32.2. The van der Waals surface area contributed by atoms with Crippen LogP contribution in [0.5, 0.6) is 0 Å². The van der Waals surface area contributed by atoms with Crippen LogP contribution >= 0.6 is 0 Å². The van der Waals surface area contributed by atoms with Crippen molar-refractivity contribution in [3.63, 3.8) is 0 Å². The quantitative estimate of drug-likeness (QED) is 0.444. The summed E-state index contributed by atoms with van der Waals surface area (Å²) >= 11 is 0. The summed E-state index contributed by atoms with van der Waals surface area (Å²) in [6.07, 6.45) is 1.43. The molecule has 1 atom stereocenters. The number of sulfonamides is 1. The van der Waals surface area contributed by atoms with Crippen molar-refractivity contribution in [1.82, 2.24) is 9.29 Å². The molecule has 0 spiro atoms. The Labute approximate surface area is 199 Å². The number of ether oxygens (including phenoxy) is 2. The molecule has 1 N–H and O–H groups in total. The first-order chi connectivity index (χ1) is 16.1. The standard InChI is InChI=1S/C24H30N2O7S/c1-5-32-24(29)20-15(2)21(25-16(20)3)22(27)17(4)33-23(28)18-10-9-11-19(14-18)34(30,31)26-12-7-6-8-13-26/h9-11,14,17,25H,5-8,12-13H2,1-4H3/t17-/m0/s1. The van der Waals surface area contributed by atoms with Crippen LogP contribution in [0.15, 0.2) is 29.2 Å². The number of ketones is 1. The molecule has 1 fully saturated rings. The fourth-order valence-corrected chi connectivity index (χ4v) is 5.59. The molecule has 1 aliphatic rings. The molecular formula is C24H30N2O7S. The minimum absolute atomic E-state index is 0.0118. The summed E-state index contributed by atoms with van der Waals surface area (Å²) in [5.74, 6) is -1.87. The molecule has 0 amide bonds. The number of nitrogens with zero attached hydrogens (tertiary/aromatic N) is 1. The summed E-state index contributed by atoms with van der Waals surface area (Å²) in [4.78, 5) is 40.8. The van der Waals surface area contributed by atoms with Gasteiger partial charge >= 0.3 is 11.9 Å². The smallest absolute Gasteiger partial charge is 0.340 e. The van der Waals surface area contributed by atoms with E-state index in [4.69, 9.17) is 9.47 Å². The van der Waals surface area contributed by atoms with E-state index in [1.807, 2.05) is 0 Å². The molecule has 0 radical (unpaired) electrons. The number of aryl methyl sites for hydroxylation is 1. The van der Waals surface area contributed by atoms with Gasteiger partial charge in [-0.05, 0) is 64.3 Å². The number of nitrogens with one attached hydrogen (secondary N) is 1. The molecule has 9 nitrogen and oxygen atoms in total. The Hall–Kier alpha value is -2.98. The number of hydrogen-bond donors (Lipinski definition) is 1. The van der Waals surface area contributed by atoms with Crippen LogP contribution in [0.2, 0.25) is 0 Å². The Kier molecular flexibility index (Phi) is 7.93. The lowest BCUT2D eigenvalue weighted by Crippen LogP contribution is -2.35. The molecular weight excluding hydrogens is 460 g/mol. The number of carbonyl (C=O) groups excluding carboxylic acids is 3. The van der Waals surface area contributed by atoms with Crippen LogP contribution in [0.3, 0.4) is 0 Å². The van der Waals surface area contributed by atoms with Crippen LogP contribution in [0.25, 0.3) is 0 Å². The first-order valence-corrected chi connectivity index (χ1v) is 12.7. The molecule has 2 heterocycles. The number of rotatable bonds is 8. The van der Waals surface area contributed by atoms with Crippen LogP contribution in [-0.4, -0.2) is 61.2 Å². The Morgan fingerprint density at radius 1 is 1.09 bits per heavy atom. The van der Waals surface area contributed by atoms with Gasteiger partial charge in [0.2, 0.25) is 15.8 Å². The summed E-state index contributed by atoms with van der Waals surface area (Å²) in [7, 11) is -3.72. The number of aromatic amines is 1. The normalized spacial score (nSPS) is 15.5. The predicted octanol–water partition coefficient (Wildman–Crippen LogP) is 3.41. The molecule has 1 saturated heterocycles. The van der Waals surface area contributed by atoms with E-state index in [0.717, 1.165) is 19.3 Å². The van der Waals surface area contributed by atoms with Crippen molar-refractivity contribution < 1.29 is 32.3 Å². The molecule has 2 aromatic rings. The topological polar surface area (TPSA) is 123 Å². The van der Waals surface area contributed by atoms with E-state index in [2.05, 4.69) is 4.98 Å². The van der Waals surface area contributed by atoms with Gasteiger partial charge in [-0.25, -0.2) is 18.0 Å². The van der Waals surface area contributed by atoms with Crippen molar-refractivity contribution in [2.45, 2.75) is 58.0 Å².